The lowest BCUT2D eigenvalue weighted by atomic mass is 9.71. The number of hydrogen-bond acceptors (Lipinski definition) is 4. The third kappa shape index (κ3) is 3.72. The van der Waals surface area contributed by atoms with Gasteiger partial charge in [0.15, 0.2) is 0 Å². The van der Waals surface area contributed by atoms with Crippen LogP contribution < -0.4 is 4.90 Å². The molecule has 0 saturated heterocycles. The molecule has 3 aromatic rings. The van der Waals surface area contributed by atoms with E-state index in [1.807, 2.05) is 25.1 Å². The van der Waals surface area contributed by atoms with Crippen molar-refractivity contribution >= 4 is 11.6 Å². The Morgan fingerprint density at radius 2 is 2.03 bits per heavy atom. The van der Waals surface area contributed by atoms with Gasteiger partial charge < -0.3 is 14.5 Å². The van der Waals surface area contributed by atoms with E-state index in [2.05, 4.69) is 5.16 Å². The first kappa shape index (κ1) is 21.7. The highest BCUT2D eigenvalue weighted by molar-refractivity contribution is 6.10. The Morgan fingerprint density at radius 3 is 2.64 bits per heavy atom. The molecule has 0 radical (unpaired) electrons. The molecule has 8 heteroatoms. The van der Waals surface area contributed by atoms with Gasteiger partial charge in [-0.3, -0.25) is 4.79 Å². The van der Waals surface area contributed by atoms with Gasteiger partial charge in [0.25, 0.3) is 5.91 Å². The van der Waals surface area contributed by atoms with Crippen LogP contribution in [0.1, 0.15) is 69.0 Å². The minimum absolute atomic E-state index is 0.00394. The van der Waals surface area contributed by atoms with E-state index < -0.39 is 24.3 Å². The largest absolute Gasteiger partial charge is 0.416 e. The number of amides is 1. The lowest BCUT2D eigenvalue weighted by molar-refractivity contribution is -0.138. The predicted molar refractivity (Wildman–Crippen MR) is 115 cm³/mol. The van der Waals surface area contributed by atoms with Crippen molar-refractivity contribution < 1.29 is 27.6 Å². The fourth-order valence-electron chi connectivity index (χ4n) is 4.93. The third-order valence-electron chi connectivity index (χ3n) is 6.83. The van der Waals surface area contributed by atoms with Crippen LogP contribution >= 0.6 is 0 Å². The first-order valence-corrected chi connectivity index (χ1v) is 10.9. The molecule has 0 bridgehead atoms. The second-order valence-electron chi connectivity index (χ2n) is 8.86. The summed E-state index contributed by atoms with van der Waals surface area (Å²) < 4.78 is 46.2. The van der Waals surface area contributed by atoms with E-state index in [1.54, 1.807) is 12.3 Å². The summed E-state index contributed by atoms with van der Waals surface area (Å²) in [6.45, 7) is 1.20. The van der Waals surface area contributed by atoms with Gasteiger partial charge in [-0.1, -0.05) is 23.7 Å². The number of aliphatic hydroxyl groups is 1. The Bertz CT molecular complexity index is 1210. The maximum atomic E-state index is 13.7. The second kappa shape index (κ2) is 8.02. The first-order chi connectivity index (χ1) is 15.8. The van der Waals surface area contributed by atoms with Gasteiger partial charge in [-0.25, -0.2) is 0 Å². The minimum atomic E-state index is -4.62. The number of halogens is 3. The molecule has 1 fully saturated rings. The molecule has 1 N–H and O–H groups in total. The molecule has 1 aromatic heterocycles. The minimum Gasteiger partial charge on any atom is -0.392 e. The van der Waals surface area contributed by atoms with Crippen LogP contribution in [0.3, 0.4) is 0 Å². The van der Waals surface area contributed by atoms with Crippen molar-refractivity contribution in [3.8, 4) is 0 Å². The van der Waals surface area contributed by atoms with Gasteiger partial charge in [-0.05, 0) is 66.6 Å². The van der Waals surface area contributed by atoms with Gasteiger partial charge in [0, 0.05) is 22.7 Å². The van der Waals surface area contributed by atoms with Gasteiger partial charge in [0.2, 0.25) is 0 Å². The highest BCUT2D eigenvalue weighted by Crippen LogP contribution is 2.45. The number of alkyl halides is 3. The number of carbonyl (C=O) groups excluding carboxylic acids is 1. The number of rotatable bonds is 5. The monoisotopic (exact) mass is 456 g/mol. The van der Waals surface area contributed by atoms with Gasteiger partial charge in [-0.2, -0.15) is 13.2 Å². The Morgan fingerprint density at radius 1 is 1.24 bits per heavy atom. The second-order valence-corrected chi connectivity index (χ2v) is 8.86. The van der Waals surface area contributed by atoms with E-state index in [4.69, 9.17) is 4.52 Å². The SMILES string of the molecule is Cc1conc1[C@@H](c1cccc(N2Cc3c(cc(CO)cc3C(F)(F)F)C2=O)c1)C1CCC1. The molecule has 1 amide bonds. The van der Waals surface area contributed by atoms with Crippen LogP contribution in [0.25, 0.3) is 0 Å². The highest BCUT2D eigenvalue weighted by Gasteiger charge is 2.41. The smallest absolute Gasteiger partial charge is 0.392 e. The van der Waals surface area contributed by atoms with Crippen LogP contribution in [0, 0.1) is 12.8 Å². The number of carbonyl (C=O) groups is 1. The number of fused-ring (bicyclic) bond motifs is 1. The molecule has 172 valence electrons. The number of aromatic nitrogens is 1. The average Bonchev–Trinajstić information content (AvgIpc) is 3.32. The number of aryl methyl sites for hydroxylation is 1. The Labute approximate surface area is 188 Å². The van der Waals surface area contributed by atoms with E-state index in [-0.39, 0.29) is 29.2 Å². The van der Waals surface area contributed by atoms with Crippen LogP contribution in [-0.4, -0.2) is 16.2 Å². The molecule has 1 aliphatic carbocycles. The molecular formula is C25H23F3N2O3. The quantitative estimate of drug-likeness (QED) is 0.544. The lowest BCUT2D eigenvalue weighted by Gasteiger charge is -2.33. The van der Waals surface area contributed by atoms with Gasteiger partial charge in [0.1, 0.15) is 6.26 Å². The normalized spacial score (nSPS) is 17.2. The summed E-state index contributed by atoms with van der Waals surface area (Å²) in [5, 5.41) is 13.6. The molecule has 0 unspecified atom stereocenters. The molecule has 2 aromatic carbocycles. The fourth-order valence-corrected chi connectivity index (χ4v) is 4.93. The van der Waals surface area contributed by atoms with Crippen molar-refractivity contribution in [1.29, 1.82) is 0 Å². The van der Waals surface area contributed by atoms with Crippen molar-refractivity contribution in [1.82, 2.24) is 5.16 Å². The molecular weight excluding hydrogens is 433 g/mol. The number of nitrogens with zero attached hydrogens (tertiary/aromatic N) is 2. The van der Waals surface area contributed by atoms with Crippen molar-refractivity contribution in [2.45, 2.75) is 51.4 Å². The molecule has 33 heavy (non-hydrogen) atoms. The van der Waals surface area contributed by atoms with Gasteiger partial charge in [-0.15, -0.1) is 0 Å². The summed E-state index contributed by atoms with van der Waals surface area (Å²) in [5.41, 5.74) is 2.44. The average molecular weight is 456 g/mol. The van der Waals surface area contributed by atoms with Crippen LogP contribution in [0.4, 0.5) is 18.9 Å². The zero-order chi connectivity index (χ0) is 23.3. The van der Waals surface area contributed by atoms with Crippen molar-refractivity contribution in [2.24, 2.45) is 5.92 Å². The number of benzene rings is 2. The summed E-state index contributed by atoms with van der Waals surface area (Å²) in [4.78, 5) is 14.5. The third-order valence-corrected chi connectivity index (χ3v) is 6.83. The summed E-state index contributed by atoms with van der Waals surface area (Å²) >= 11 is 0. The van der Waals surface area contributed by atoms with Gasteiger partial charge >= 0.3 is 6.18 Å². The molecule has 2 heterocycles. The topological polar surface area (TPSA) is 66.6 Å². The van der Waals surface area contributed by atoms with Crippen LogP contribution in [0.5, 0.6) is 0 Å². The standard InChI is InChI=1S/C25H23F3N2O3/c1-14-13-33-29-23(14)22(16-4-2-5-16)17-6-3-7-18(10-17)30-11-20-19(24(30)32)8-15(12-31)9-21(20)25(26,27)28/h3,6-10,13,16,22,31H,2,4-5,11-12H2,1H3/t22-/m1/s1. The van der Waals surface area contributed by atoms with Crippen LogP contribution in [0.2, 0.25) is 0 Å². The van der Waals surface area contributed by atoms with Gasteiger partial charge in [0.05, 0.1) is 24.4 Å². The summed E-state index contributed by atoms with van der Waals surface area (Å²) in [6, 6.07) is 9.69. The zero-order valence-corrected chi connectivity index (χ0v) is 18.0. The fraction of sp³-hybridized carbons (Fsp3) is 0.360. The summed E-state index contributed by atoms with van der Waals surface area (Å²) in [6.07, 6.45) is 0.267. The first-order valence-electron chi connectivity index (χ1n) is 10.9. The van der Waals surface area contributed by atoms with E-state index in [0.717, 1.165) is 42.1 Å². The number of hydrogen-bond donors (Lipinski definition) is 1. The highest BCUT2D eigenvalue weighted by atomic mass is 19.4. The summed E-state index contributed by atoms with van der Waals surface area (Å²) in [5.74, 6) is -0.0931. The van der Waals surface area contributed by atoms with Crippen LogP contribution in [-0.2, 0) is 19.3 Å². The van der Waals surface area contributed by atoms with Crippen molar-refractivity contribution in [2.75, 3.05) is 4.90 Å². The maximum absolute atomic E-state index is 13.7. The van der Waals surface area contributed by atoms with Crippen molar-refractivity contribution in [3.63, 3.8) is 0 Å². The summed E-state index contributed by atoms with van der Waals surface area (Å²) in [7, 11) is 0. The Kier molecular flexibility index (Phi) is 5.28. The van der Waals surface area contributed by atoms with E-state index in [9.17, 15) is 23.1 Å². The zero-order valence-electron chi connectivity index (χ0n) is 18.0. The Balaban J connectivity index is 1.54. The molecule has 1 atom stereocenters. The van der Waals surface area contributed by atoms with E-state index >= 15 is 0 Å². The van der Waals surface area contributed by atoms with E-state index in [0.29, 0.717) is 11.6 Å². The maximum Gasteiger partial charge on any atom is 0.416 e. The van der Waals surface area contributed by atoms with Crippen molar-refractivity contribution in [3.05, 3.63) is 81.7 Å². The number of anilines is 1. The Hall–Kier alpha value is -3.13. The van der Waals surface area contributed by atoms with E-state index in [1.165, 1.54) is 11.0 Å². The molecule has 0 spiro atoms. The molecule has 1 aliphatic heterocycles. The predicted octanol–water partition coefficient (Wildman–Crippen LogP) is 5.59. The molecule has 5 nitrogen and oxygen atoms in total. The molecule has 1 saturated carbocycles. The molecule has 2 aliphatic rings. The number of aliphatic hydroxyl groups excluding tert-OH is 1. The molecule has 5 rings (SSSR count). The lowest BCUT2D eigenvalue weighted by Crippen LogP contribution is -2.25. The van der Waals surface area contributed by atoms with Crippen LogP contribution in [0.15, 0.2) is 47.2 Å².